The van der Waals surface area contributed by atoms with E-state index in [1.54, 1.807) is 24.3 Å². The maximum Gasteiger partial charge on any atom is 0.411 e. The van der Waals surface area contributed by atoms with Crippen molar-refractivity contribution in [2.45, 2.75) is 31.2 Å². The van der Waals surface area contributed by atoms with Gasteiger partial charge in [-0.3, -0.25) is 5.32 Å². The Hall–Kier alpha value is -1.26. The summed E-state index contributed by atoms with van der Waals surface area (Å²) in [6.45, 7) is 0.263. The molecule has 0 spiro atoms. The largest absolute Gasteiger partial charge is 0.447 e. The second kappa shape index (κ2) is 5.59. The van der Waals surface area contributed by atoms with Crippen LogP contribution in [0.3, 0.4) is 0 Å². The fourth-order valence-corrected chi connectivity index (χ4v) is 2.34. The number of rotatable bonds is 3. The summed E-state index contributed by atoms with van der Waals surface area (Å²) < 4.78 is 5.15. The molecule has 0 aromatic heterocycles. The number of nitrogens with one attached hydrogen (secondary N) is 1. The molecule has 0 atom stereocenters. The van der Waals surface area contributed by atoms with Crippen molar-refractivity contribution >= 4 is 23.4 Å². The fourth-order valence-electron chi connectivity index (χ4n) is 2.15. The van der Waals surface area contributed by atoms with Crippen LogP contribution in [-0.2, 0) is 4.74 Å². The molecule has 1 fully saturated rings. The number of carbonyl (C=O) groups is 1. The number of hydrogen-bond acceptors (Lipinski definition) is 3. The zero-order chi connectivity index (χ0) is 13.0. The molecule has 1 amide bonds. The van der Waals surface area contributed by atoms with Crippen LogP contribution in [-0.4, -0.2) is 18.2 Å². The zero-order valence-corrected chi connectivity index (χ0v) is 10.9. The topological polar surface area (TPSA) is 64.3 Å². The predicted molar refractivity (Wildman–Crippen MR) is 71.8 cm³/mol. The van der Waals surface area contributed by atoms with E-state index in [1.165, 1.54) is 0 Å². The van der Waals surface area contributed by atoms with Gasteiger partial charge in [-0.2, -0.15) is 0 Å². The van der Waals surface area contributed by atoms with Crippen LogP contribution in [0.25, 0.3) is 0 Å². The lowest BCUT2D eigenvalue weighted by atomic mass is 10.0. The highest BCUT2D eigenvalue weighted by molar-refractivity contribution is 6.30. The first-order valence-electron chi connectivity index (χ1n) is 6.06. The summed E-state index contributed by atoms with van der Waals surface area (Å²) in [6.07, 6.45) is 3.55. The molecule has 0 aliphatic heterocycles. The van der Waals surface area contributed by atoms with Crippen LogP contribution >= 0.6 is 11.6 Å². The Kier molecular flexibility index (Phi) is 4.09. The Labute approximate surface area is 111 Å². The molecule has 3 N–H and O–H groups in total. The van der Waals surface area contributed by atoms with E-state index >= 15 is 0 Å². The second-order valence-corrected chi connectivity index (χ2v) is 5.22. The van der Waals surface area contributed by atoms with Crippen LogP contribution in [0.4, 0.5) is 10.5 Å². The van der Waals surface area contributed by atoms with Gasteiger partial charge in [0.25, 0.3) is 0 Å². The van der Waals surface area contributed by atoms with Gasteiger partial charge in [-0.05, 0) is 31.0 Å². The van der Waals surface area contributed by atoms with Crippen molar-refractivity contribution in [3.8, 4) is 0 Å². The average molecular weight is 269 g/mol. The average Bonchev–Trinajstić information content (AvgIpc) is 2.74. The van der Waals surface area contributed by atoms with Gasteiger partial charge in [-0.25, -0.2) is 4.79 Å². The maximum absolute atomic E-state index is 11.6. The van der Waals surface area contributed by atoms with Crippen LogP contribution in [0.1, 0.15) is 25.7 Å². The van der Waals surface area contributed by atoms with E-state index in [2.05, 4.69) is 5.32 Å². The van der Waals surface area contributed by atoms with Crippen molar-refractivity contribution in [1.82, 2.24) is 0 Å². The van der Waals surface area contributed by atoms with Crippen molar-refractivity contribution < 1.29 is 9.53 Å². The predicted octanol–water partition coefficient (Wildman–Crippen LogP) is 3.16. The van der Waals surface area contributed by atoms with E-state index in [-0.39, 0.29) is 12.1 Å². The molecule has 0 radical (unpaired) electrons. The summed E-state index contributed by atoms with van der Waals surface area (Å²) in [5, 5.41) is 3.19. The molecule has 0 heterocycles. The Morgan fingerprint density at radius 2 is 2.17 bits per heavy atom. The fraction of sp³-hybridized carbons (Fsp3) is 0.462. The molecule has 5 heteroatoms. The standard InChI is InChI=1S/C13H17ClN2O2/c14-10-4-3-5-11(8-10)16-12(17)18-9-13(15)6-1-2-7-13/h3-5,8H,1-2,6-7,9,15H2,(H,16,17). The lowest BCUT2D eigenvalue weighted by Gasteiger charge is -2.22. The molecule has 1 aromatic rings. The van der Waals surface area contributed by atoms with Crippen molar-refractivity contribution in [1.29, 1.82) is 0 Å². The normalized spacial score (nSPS) is 17.4. The number of carbonyl (C=O) groups excluding carboxylic acids is 1. The number of ether oxygens (including phenoxy) is 1. The molecule has 1 saturated carbocycles. The van der Waals surface area contributed by atoms with Gasteiger partial charge < -0.3 is 10.5 Å². The molecule has 0 unspecified atom stereocenters. The Balaban J connectivity index is 1.82. The number of anilines is 1. The highest BCUT2D eigenvalue weighted by Crippen LogP contribution is 2.27. The van der Waals surface area contributed by atoms with Crippen molar-refractivity contribution in [2.75, 3.05) is 11.9 Å². The van der Waals surface area contributed by atoms with Crippen LogP contribution in [0, 0.1) is 0 Å². The van der Waals surface area contributed by atoms with Gasteiger partial charge in [-0.1, -0.05) is 30.5 Å². The first-order valence-corrected chi connectivity index (χ1v) is 6.43. The maximum atomic E-state index is 11.6. The highest BCUT2D eigenvalue weighted by atomic mass is 35.5. The summed E-state index contributed by atoms with van der Waals surface area (Å²) in [4.78, 5) is 11.6. The minimum absolute atomic E-state index is 0.263. The summed E-state index contributed by atoms with van der Waals surface area (Å²) >= 11 is 5.82. The second-order valence-electron chi connectivity index (χ2n) is 4.78. The Morgan fingerprint density at radius 1 is 1.44 bits per heavy atom. The number of nitrogens with two attached hydrogens (primary N) is 1. The smallest absolute Gasteiger partial charge is 0.411 e. The van der Waals surface area contributed by atoms with Crippen LogP contribution < -0.4 is 11.1 Å². The third-order valence-electron chi connectivity index (χ3n) is 3.16. The minimum Gasteiger partial charge on any atom is -0.447 e. The lowest BCUT2D eigenvalue weighted by molar-refractivity contribution is 0.130. The van der Waals surface area contributed by atoms with Crippen molar-refractivity contribution in [3.63, 3.8) is 0 Å². The first kappa shape index (κ1) is 13.2. The third-order valence-corrected chi connectivity index (χ3v) is 3.40. The molecule has 0 bridgehead atoms. The third kappa shape index (κ3) is 3.62. The SMILES string of the molecule is NC1(COC(=O)Nc2cccc(Cl)c2)CCCC1. The van der Waals surface area contributed by atoms with Gasteiger partial charge in [-0.15, -0.1) is 0 Å². The molecule has 18 heavy (non-hydrogen) atoms. The number of amides is 1. The van der Waals surface area contributed by atoms with Gasteiger partial charge in [0.1, 0.15) is 6.61 Å². The Morgan fingerprint density at radius 3 is 2.83 bits per heavy atom. The van der Waals surface area contributed by atoms with E-state index in [4.69, 9.17) is 22.1 Å². The number of hydrogen-bond donors (Lipinski definition) is 2. The molecule has 1 aromatic carbocycles. The van der Waals surface area contributed by atoms with Crippen LogP contribution in [0.5, 0.6) is 0 Å². The van der Waals surface area contributed by atoms with E-state index in [0.29, 0.717) is 10.7 Å². The molecule has 98 valence electrons. The van der Waals surface area contributed by atoms with Crippen molar-refractivity contribution in [3.05, 3.63) is 29.3 Å². The number of benzene rings is 1. The number of halogens is 1. The molecule has 0 saturated heterocycles. The van der Waals surface area contributed by atoms with Crippen LogP contribution in [0.15, 0.2) is 24.3 Å². The molecule has 1 aliphatic carbocycles. The monoisotopic (exact) mass is 268 g/mol. The first-order chi connectivity index (χ1) is 8.57. The summed E-state index contributed by atoms with van der Waals surface area (Å²) in [6, 6.07) is 6.92. The van der Waals surface area contributed by atoms with Gasteiger partial charge in [0, 0.05) is 10.7 Å². The summed E-state index contributed by atoms with van der Waals surface area (Å²) in [7, 11) is 0. The van der Waals surface area contributed by atoms with E-state index in [9.17, 15) is 4.79 Å². The molecule has 4 nitrogen and oxygen atoms in total. The lowest BCUT2D eigenvalue weighted by Crippen LogP contribution is -2.42. The van der Waals surface area contributed by atoms with Gasteiger partial charge in [0.15, 0.2) is 0 Å². The van der Waals surface area contributed by atoms with Crippen LogP contribution in [0.2, 0.25) is 5.02 Å². The van der Waals surface area contributed by atoms with Gasteiger partial charge in [0.2, 0.25) is 0 Å². The van der Waals surface area contributed by atoms with E-state index in [1.807, 2.05) is 0 Å². The van der Waals surface area contributed by atoms with E-state index < -0.39 is 6.09 Å². The molecular weight excluding hydrogens is 252 g/mol. The molecular formula is C13H17ClN2O2. The summed E-state index contributed by atoms with van der Waals surface area (Å²) in [5.41, 5.74) is 6.37. The molecule has 2 rings (SSSR count). The van der Waals surface area contributed by atoms with Crippen molar-refractivity contribution in [2.24, 2.45) is 5.73 Å². The highest BCUT2D eigenvalue weighted by Gasteiger charge is 2.30. The Bertz CT molecular complexity index is 431. The zero-order valence-electron chi connectivity index (χ0n) is 10.1. The van der Waals surface area contributed by atoms with Gasteiger partial charge in [0.05, 0.1) is 5.54 Å². The minimum atomic E-state index is -0.492. The summed E-state index contributed by atoms with van der Waals surface area (Å²) in [5.74, 6) is 0. The quantitative estimate of drug-likeness (QED) is 0.885. The van der Waals surface area contributed by atoms with E-state index in [0.717, 1.165) is 25.7 Å². The van der Waals surface area contributed by atoms with Gasteiger partial charge >= 0.3 is 6.09 Å². The molecule has 1 aliphatic rings.